The Kier molecular flexibility index (Phi) is 13.6. The fourth-order valence-corrected chi connectivity index (χ4v) is 13.6. The Morgan fingerprint density at radius 3 is 1.64 bits per heavy atom. The molecule has 0 aromatic carbocycles. The van der Waals surface area contributed by atoms with Crippen molar-refractivity contribution in [2.24, 2.45) is 0 Å². The largest absolute Gasteiger partial charge is 0.400 e. The molecule has 0 saturated heterocycles. The van der Waals surface area contributed by atoms with Crippen LogP contribution in [0.2, 0.25) is 22.7 Å². The van der Waals surface area contributed by atoms with E-state index >= 15 is 0 Å². The maximum Gasteiger partial charge on any atom is 0.320 e. The molecule has 0 aliphatic heterocycles. The van der Waals surface area contributed by atoms with E-state index < -0.39 is 17.5 Å². The maximum absolute atomic E-state index is 5.44. The summed E-state index contributed by atoms with van der Waals surface area (Å²) in [5.41, 5.74) is 2.43. The molecule has 3 nitrogen and oxygen atoms in total. The van der Waals surface area contributed by atoms with Gasteiger partial charge in [0.05, 0.1) is 0 Å². The second-order valence-corrected chi connectivity index (χ2v) is 16.7. The maximum atomic E-state index is 5.44. The van der Waals surface area contributed by atoms with Crippen LogP contribution in [0.15, 0.2) is 0 Å². The summed E-state index contributed by atoms with van der Waals surface area (Å²) in [5, 5.41) is 0. The molecule has 0 aliphatic carbocycles. The fourth-order valence-electron chi connectivity index (χ4n) is 5.07. The quantitative estimate of drug-likeness (QED) is 0.255. The van der Waals surface area contributed by atoms with E-state index in [0.29, 0.717) is 0 Å². The molecule has 0 unspecified atom stereocenters. The highest BCUT2D eigenvalue weighted by Crippen LogP contribution is 2.44. The van der Waals surface area contributed by atoms with Crippen molar-refractivity contribution in [2.75, 3.05) is 27.3 Å². The summed E-state index contributed by atoms with van der Waals surface area (Å²) in [6.07, 6.45) is 6.50. The minimum Gasteiger partial charge on any atom is -0.400 e. The summed E-state index contributed by atoms with van der Waals surface area (Å²) in [6.45, 7) is 19.8. The summed E-state index contributed by atoms with van der Waals surface area (Å²) in [5.74, 6) is 0. The van der Waals surface area contributed by atoms with Crippen LogP contribution < -0.4 is 0 Å². The SMILES string of the molecule is CCCCN(CCCCC[SiH](OC)OC)[Si](C(C)C)(C(C)C)C(C)C. The first kappa shape index (κ1) is 25.3. The Morgan fingerprint density at radius 1 is 0.760 bits per heavy atom. The molecule has 25 heavy (non-hydrogen) atoms. The molecule has 152 valence electrons. The van der Waals surface area contributed by atoms with E-state index in [9.17, 15) is 0 Å². The number of nitrogens with zero attached hydrogens (tertiary/aromatic N) is 1. The molecule has 0 atom stereocenters. The monoisotopic (exact) mass is 389 g/mol. The van der Waals surface area contributed by atoms with Gasteiger partial charge in [-0.25, -0.2) is 0 Å². The van der Waals surface area contributed by atoms with E-state index in [1.54, 1.807) is 14.2 Å². The lowest BCUT2D eigenvalue weighted by Crippen LogP contribution is -2.60. The number of hydrogen-bond donors (Lipinski definition) is 0. The second kappa shape index (κ2) is 13.5. The predicted molar refractivity (Wildman–Crippen MR) is 117 cm³/mol. The minimum absolute atomic E-state index is 0.808. The standard InChI is InChI=1S/C20H47NO2Si2/c1-10-11-15-21(16-13-12-14-17-24(22-8)23-9)25(18(2)3,19(4)5)20(6)7/h18-20,24H,10-17H2,1-9H3. The third-order valence-corrected chi connectivity index (χ3v) is 15.0. The topological polar surface area (TPSA) is 21.7 Å². The molecular weight excluding hydrogens is 342 g/mol. The first-order valence-electron chi connectivity index (χ1n) is 10.6. The minimum atomic E-state index is -1.50. The van der Waals surface area contributed by atoms with Gasteiger partial charge in [-0.2, -0.15) is 0 Å². The first-order chi connectivity index (χ1) is 11.8. The third-order valence-electron chi connectivity index (χ3n) is 6.00. The van der Waals surface area contributed by atoms with Crippen molar-refractivity contribution >= 4 is 17.5 Å². The summed E-state index contributed by atoms with van der Waals surface area (Å²) >= 11 is 0. The normalized spacial score (nSPS) is 13.2. The van der Waals surface area contributed by atoms with Gasteiger partial charge in [0.1, 0.15) is 8.24 Å². The van der Waals surface area contributed by atoms with Crippen molar-refractivity contribution in [1.29, 1.82) is 0 Å². The van der Waals surface area contributed by atoms with E-state index in [0.717, 1.165) is 22.7 Å². The van der Waals surface area contributed by atoms with Crippen LogP contribution in [0.3, 0.4) is 0 Å². The Hall–Kier alpha value is 0.314. The molecule has 0 heterocycles. The molecule has 0 rings (SSSR count). The number of rotatable bonds is 15. The smallest absolute Gasteiger partial charge is 0.320 e. The van der Waals surface area contributed by atoms with Crippen molar-refractivity contribution in [3.05, 3.63) is 0 Å². The summed E-state index contributed by atoms with van der Waals surface area (Å²) in [7, 11) is 0.722. The molecule has 0 aromatic rings. The van der Waals surface area contributed by atoms with Crippen LogP contribution in [0, 0.1) is 0 Å². The van der Waals surface area contributed by atoms with Crippen LogP contribution >= 0.6 is 0 Å². The van der Waals surface area contributed by atoms with Gasteiger partial charge in [-0.1, -0.05) is 67.7 Å². The van der Waals surface area contributed by atoms with Gasteiger partial charge in [-0.3, -0.25) is 0 Å². The fraction of sp³-hybridized carbons (Fsp3) is 1.00. The average Bonchev–Trinajstić information content (AvgIpc) is 2.54. The van der Waals surface area contributed by atoms with Crippen molar-refractivity contribution in [3.63, 3.8) is 0 Å². The van der Waals surface area contributed by atoms with Crippen molar-refractivity contribution in [2.45, 2.75) is 103 Å². The zero-order chi connectivity index (χ0) is 19.5. The van der Waals surface area contributed by atoms with Crippen LogP contribution in [0.4, 0.5) is 0 Å². The van der Waals surface area contributed by atoms with E-state index in [-0.39, 0.29) is 0 Å². The Morgan fingerprint density at radius 2 is 1.24 bits per heavy atom. The molecule has 0 saturated carbocycles. The highest BCUT2D eigenvalue weighted by atomic mass is 28.3. The van der Waals surface area contributed by atoms with Crippen LogP contribution in [-0.4, -0.2) is 49.4 Å². The highest BCUT2D eigenvalue weighted by molar-refractivity contribution is 6.80. The Labute approximate surface area is 161 Å². The number of hydrogen-bond acceptors (Lipinski definition) is 3. The second-order valence-electron chi connectivity index (χ2n) is 8.44. The van der Waals surface area contributed by atoms with E-state index in [2.05, 4.69) is 53.0 Å². The van der Waals surface area contributed by atoms with Crippen LogP contribution in [0.1, 0.15) is 80.6 Å². The molecule has 0 aliphatic rings. The van der Waals surface area contributed by atoms with Crippen molar-refractivity contribution in [1.82, 2.24) is 4.57 Å². The summed E-state index contributed by atoms with van der Waals surface area (Å²) in [4.78, 5) is 0. The molecular formula is C20H47NO2Si2. The van der Waals surface area contributed by atoms with Gasteiger partial charge in [0, 0.05) is 14.2 Å². The summed E-state index contributed by atoms with van der Waals surface area (Å²) < 4.78 is 13.9. The zero-order valence-corrected chi connectivity index (χ0v) is 20.9. The molecule has 0 amide bonds. The number of unbranched alkanes of at least 4 members (excludes halogenated alkanes) is 3. The molecule has 0 bridgehead atoms. The third kappa shape index (κ3) is 7.45. The van der Waals surface area contributed by atoms with Crippen LogP contribution in [0.5, 0.6) is 0 Å². The lowest BCUT2D eigenvalue weighted by molar-refractivity contribution is 0.275. The molecule has 5 heteroatoms. The van der Waals surface area contributed by atoms with Gasteiger partial charge >= 0.3 is 9.28 Å². The lowest BCUT2D eigenvalue weighted by atomic mass is 10.2. The van der Waals surface area contributed by atoms with Crippen LogP contribution in [-0.2, 0) is 8.85 Å². The van der Waals surface area contributed by atoms with Gasteiger partial charge in [-0.15, -0.1) is 0 Å². The van der Waals surface area contributed by atoms with Gasteiger partial charge in [0.2, 0.25) is 0 Å². The van der Waals surface area contributed by atoms with E-state index in [4.69, 9.17) is 8.85 Å². The molecule has 0 aromatic heterocycles. The lowest BCUT2D eigenvalue weighted by Gasteiger charge is -2.51. The van der Waals surface area contributed by atoms with E-state index in [1.165, 1.54) is 45.2 Å². The average molecular weight is 390 g/mol. The highest BCUT2D eigenvalue weighted by Gasteiger charge is 2.47. The van der Waals surface area contributed by atoms with Gasteiger partial charge in [0.15, 0.2) is 0 Å². The van der Waals surface area contributed by atoms with Gasteiger partial charge < -0.3 is 13.4 Å². The van der Waals surface area contributed by atoms with Crippen LogP contribution in [0.25, 0.3) is 0 Å². The predicted octanol–water partition coefficient (Wildman–Crippen LogP) is 5.95. The Balaban J connectivity index is 4.90. The molecule has 0 spiro atoms. The van der Waals surface area contributed by atoms with Gasteiger partial charge in [-0.05, 0) is 48.6 Å². The summed E-state index contributed by atoms with van der Waals surface area (Å²) in [6, 6.07) is 1.14. The van der Waals surface area contributed by atoms with E-state index in [1.807, 2.05) is 0 Å². The molecule has 0 N–H and O–H groups in total. The Bertz CT molecular complexity index is 299. The first-order valence-corrected chi connectivity index (χ1v) is 14.5. The molecule has 0 radical (unpaired) electrons. The van der Waals surface area contributed by atoms with Crippen molar-refractivity contribution in [3.8, 4) is 0 Å². The van der Waals surface area contributed by atoms with Crippen molar-refractivity contribution < 1.29 is 8.85 Å². The molecule has 0 fully saturated rings. The van der Waals surface area contributed by atoms with Gasteiger partial charge in [0.25, 0.3) is 0 Å². The zero-order valence-electron chi connectivity index (χ0n) is 18.7.